The number of nitrogens with zero attached hydrogens (tertiary/aromatic N) is 1. The molecule has 0 unspecified atom stereocenters. The fourth-order valence-electron chi connectivity index (χ4n) is 2.57. The van der Waals surface area contributed by atoms with Crippen LogP contribution in [0.25, 0.3) is 0 Å². The molecule has 0 atom stereocenters. The van der Waals surface area contributed by atoms with E-state index in [4.69, 9.17) is 11.6 Å². The Morgan fingerprint density at radius 2 is 2.00 bits per heavy atom. The Hall–Kier alpha value is -1.39. The van der Waals surface area contributed by atoms with E-state index in [0.29, 0.717) is 0 Å². The van der Waals surface area contributed by atoms with Crippen LogP contribution >= 0.6 is 23.4 Å². The van der Waals surface area contributed by atoms with Crippen LogP contribution in [-0.2, 0) is 6.42 Å². The molecule has 0 saturated heterocycles. The molecule has 1 aromatic carbocycles. The zero-order chi connectivity index (χ0) is 14.1. The molecular weight excluding hydrogens is 292 g/mol. The lowest BCUT2D eigenvalue weighted by atomic mass is 9.96. The molecule has 2 N–H and O–H groups in total. The molecule has 1 aliphatic rings. The molecule has 0 bridgehead atoms. The number of fused-ring (bicyclic) bond motifs is 1. The molecule has 0 spiro atoms. The van der Waals surface area contributed by atoms with Gasteiger partial charge in [-0.05, 0) is 50.5 Å². The van der Waals surface area contributed by atoms with Crippen molar-refractivity contribution in [2.75, 3.05) is 0 Å². The van der Waals surface area contributed by atoms with Gasteiger partial charge in [0.05, 0.1) is 5.71 Å². The Morgan fingerprint density at radius 3 is 2.70 bits per heavy atom. The van der Waals surface area contributed by atoms with E-state index in [1.807, 2.05) is 24.3 Å². The lowest BCUT2D eigenvalue weighted by molar-refractivity contribution is 0.317. The summed E-state index contributed by atoms with van der Waals surface area (Å²) in [4.78, 5) is 5.70. The lowest BCUT2D eigenvalue weighted by Crippen LogP contribution is -2.11. The first-order chi connectivity index (χ1) is 9.69. The van der Waals surface area contributed by atoms with Gasteiger partial charge < -0.3 is 10.2 Å². The first kappa shape index (κ1) is 13.6. The number of aromatic nitrogens is 1. The number of hydrogen-bond acceptors (Lipinski definition) is 3. The van der Waals surface area contributed by atoms with Crippen LogP contribution in [-0.4, -0.2) is 15.9 Å². The van der Waals surface area contributed by atoms with E-state index >= 15 is 0 Å². The zero-order valence-electron chi connectivity index (χ0n) is 11.1. The Bertz CT molecular complexity index is 661. The van der Waals surface area contributed by atoms with Crippen molar-refractivity contribution in [3.8, 4) is 0 Å². The number of nitrogens with one attached hydrogen (secondary N) is 1. The van der Waals surface area contributed by atoms with Crippen molar-refractivity contribution in [1.29, 1.82) is 0 Å². The van der Waals surface area contributed by atoms with Crippen molar-refractivity contribution in [3.05, 3.63) is 46.2 Å². The maximum Gasteiger partial charge on any atom is 0.0897 e. The minimum Gasteiger partial charge on any atom is -0.411 e. The molecule has 0 saturated carbocycles. The molecule has 0 aliphatic heterocycles. The number of oxime groups is 1. The second-order valence-corrected chi connectivity index (χ2v) is 6.41. The molecule has 5 heteroatoms. The Morgan fingerprint density at radius 1 is 1.25 bits per heavy atom. The zero-order valence-corrected chi connectivity index (χ0v) is 12.7. The lowest BCUT2D eigenvalue weighted by Gasteiger charge is -2.14. The van der Waals surface area contributed by atoms with Crippen LogP contribution < -0.4 is 0 Å². The molecule has 0 fully saturated rings. The average molecular weight is 307 g/mol. The number of benzene rings is 1. The van der Waals surface area contributed by atoms with Crippen LogP contribution in [0.2, 0.25) is 5.02 Å². The van der Waals surface area contributed by atoms with E-state index in [1.54, 1.807) is 11.8 Å². The van der Waals surface area contributed by atoms with Crippen LogP contribution in [0.1, 0.15) is 29.8 Å². The summed E-state index contributed by atoms with van der Waals surface area (Å²) >= 11 is 7.60. The second kappa shape index (κ2) is 5.54. The first-order valence-corrected chi connectivity index (χ1v) is 7.74. The van der Waals surface area contributed by atoms with Crippen LogP contribution in [0.4, 0.5) is 0 Å². The molecule has 104 valence electrons. The van der Waals surface area contributed by atoms with Gasteiger partial charge in [-0.1, -0.05) is 28.5 Å². The molecule has 1 aromatic heterocycles. The highest BCUT2D eigenvalue weighted by Gasteiger charge is 2.24. The van der Waals surface area contributed by atoms with E-state index < -0.39 is 0 Å². The summed E-state index contributed by atoms with van der Waals surface area (Å²) in [5.74, 6) is 0. The average Bonchev–Trinajstić information content (AvgIpc) is 2.77. The fraction of sp³-hybridized carbons (Fsp3) is 0.267. The number of aryl methyl sites for hydroxylation is 2. The van der Waals surface area contributed by atoms with Gasteiger partial charge in [0, 0.05) is 31.8 Å². The fourth-order valence-corrected chi connectivity index (χ4v) is 3.75. The van der Waals surface area contributed by atoms with Crippen molar-refractivity contribution in [3.63, 3.8) is 0 Å². The predicted octanol–water partition coefficient (Wildman–Crippen LogP) is 4.64. The van der Waals surface area contributed by atoms with Gasteiger partial charge in [-0.2, -0.15) is 0 Å². The van der Waals surface area contributed by atoms with Gasteiger partial charge in [0.2, 0.25) is 0 Å². The minimum absolute atomic E-state index is 0.736. The van der Waals surface area contributed by atoms with Crippen molar-refractivity contribution >= 4 is 29.1 Å². The highest BCUT2D eigenvalue weighted by molar-refractivity contribution is 7.99. The van der Waals surface area contributed by atoms with E-state index in [-0.39, 0.29) is 0 Å². The maximum absolute atomic E-state index is 9.22. The smallest absolute Gasteiger partial charge is 0.0897 e. The van der Waals surface area contributed by atoms with Crippen LogP contribution in [0.3, 0.4) is 0 Å². The van der Waals surface area contributed by atoms with Crippen molar-refractivity contribution in [2.24, 2.45) is 5.16 Å². The first-order valence-electron chi connectivity index (χ1n) is 6.55. The minimum atomic E-state index is 0.736. The molecule has 20 heavy (non-hydrogen) atoms. The Labute approximate surface area is 127 Å². The van der Waals surface area contributed by atoms with Gasteiger partial charge >= 0.3 is 0 Å². The van der Waals surface area contributed by atoms with Gasteiger partial charge in [0.15, 0.2) is 0 Å². The highest BCUT2D eigenvalue weighted by atomic mass is 35.5. The molecular formula is C15H15ClN2OS. The number of H-pyrrole nitrogens is 1. The maximum atomic E-state index is 9.22. The van der Waals surface area contributed by atoms with Crippen LogP contribution in [0, 0.1) is 6.92 Å². The number of hydrogen-bond donors (Lipinski definition) is 2. The van der Waals surface area contributed by atoms with Gasteiger partial charge in [-0.25, -0.2) is 0 Å². The van der Waals surface area contributed by atoms with Crippen LogP contribution in [0.5, 0.6) is 0 Å². The molecule has 2 aromatic rings. The molecule has 3 nitrogen and oxygen atoms in total. The van der Waals surface area contributed by atoms with Gasteiger partial charge in [0.1, 0.15) is 0 Å². The monoisotopic (exact) mass is 306 g/mol. The quantitative estimate of drug-likeness (QED) is 0.627. The molecule has 0 amide bonds. The third-order valence-electron chi connectivity index (χ3n) is 3.49. The van der Waals surface area contributed by atoms with Gasteiger partial charge in [-0.3, -0.25) is 0 Å². The summed E-state index contributed by atoms with van der Waals surface area (Å²) in [5.41, 5.74) is 4.17. The number of halogens is 1. The predicted molar refractivity (Wildman–Crippen MR) is 82.4 cm³/mol. The SMILES string of the molecule is Cc1[nH]c2c(c1Sc1ccc(Cl)cc1)/C(=N/O)CCC2. The van der Waals surface area contributed by atoms with Crippen molar-refractivity contribution in [1.82, 2.24) is 4.98 Å². The highest BCUT2D eigenvalue weighted by Crippen LogP contribution is 2.38. The second-order valence-electron chi connectivity index (χ2n) is 4.89. The van der Waals surface area contributed by atoms with Gasteiger partial charge in [0.25, 0.3) is 0 Å². The standard InChI is InChI=1S/C15H15ClN2OS/c1-9-15(20-11-7-5-10(16)6-8-11)14-12(17-9)3-2-4-13(14)18-19/h5-8,17,19H,2-4H2,1H3/b18-13+. The van der Waals surface area contributed by atoms with E-state index in [2.05, 4.69) is 17.1 Å². The number of aromatic amines is 1. The topological polar surface area (TPSA) is 48.4 Å². The van der Waals surface area contributed by atoms with E-state index in [0.717, 1.165) is 51.0 Å². The third-order valence-corrected chi connectivity index (χ3v) is 4.97. The largest absolute Gasteiger partial charge is 0.411 e. The molecule has 1 heterocycles. The Balaban J connectivity index is 2.01. The summed E-state index contributed by atoms with van der Waals surface area (Å²) in [6.07, 6.45) is 2.86. The Kier molecular flexibility index (Phi) is 3.76. The third kappa shape index (κ3) is 2.45. The molecule has 3 rings (SSSR count). The van der Waals surface area contributed by atoms with Crippen molar-refractivity contribution in [2.45, 2.75) is 36.0 Å². The van der Waals surface area contributed by atoms with E-state index in [1.165, 1.54) is 5.69 Å². The van der Waals surface area contributed by atoms with E-state index in [9.17, 15) is 5.21 Å². The summed E-state index contributed by atoms with van der Waals surface area (Å²) < 4.78 is 0. The summed E-state index contributed by atoms with van der Waals surface area (Å²) in [5, 5.41) is 13.4. The summed E-state index contributed by atoms with van der Waals surface area (Å²) in [7, 11) is 0. The normalized spacial score (nSPS) is 16.4. The number of rotatable bonds is 2. The molecule has 0 radical (unpaired) electrons. The van der Waals surface area contributed by atoms with Crippen LogP contribution in [0.15, 0.2) is 39.2 Å². The summed E-state index contributed by atoms with van der Waals surface area (Å²) in [6.45, 7) is 2.06. The van der Waals surface area contributed by atoms with Crippen molar-refractivity contribution < 1.29 is 5.21 Å². The van der Waals surface area contributed by atoms with Gasteiger partial charge in [-0.15, -0.1) is 0 Å². The molecule has 1 aliphatic carbocycles. The summed E-state index contributed by atoms with van der Waals surface area (Å²) in [6, 6.07) is 7.79.